The van der Waals surface area contributed by atoms with Crippen LogP contribution < -0.4 is 10.6 Å². The predicted octanol–water partition coefficient (Wildman–Crippen LogP) is 2.45. The van der Waals surface area contributed by atoms with Crippen molar-refractivity contribution in [2.45, 2.75) is 51.1 Å². The van der Waals surface area contributed by atoms with Crippen molar-refractivity contribution in [3.8, 4) is 0 Å². The van der Waals surface area contributed by atoms with Gasteiger partial charge in [-0.15, -0.1) is 23.7 Å². The fourth-order valence-electron chi connectivity index (χ4n) is 2.65. The van der Waals surface area contributed by atoms with Crippen molar-refractivity contribution in [1.82, 2.24) is 15.6 Å². The Kier molecular flexibility index (Phi) is 5.41. The van der Waals surface area contributed by atoms with Crippen LogP contribution in [0.5, 0.6) is 0 Å². The normalized spacial score (nSPS) is 25.9. The number of amides is 1. The molecule has 1 aromatic rings. The van der Waals surface area contributed by atoms with E-state index in [2.05, 4.69) is 27.9 Å². The molecule has 4 nitrogen and oxygen atoms in total. The molecule has 3 rings (SSSR count). The molecule has 2 aliphatic rings. The van der Waals surface area contributed by atoms with E-state index in [-0.39, 0.29) is 24.2 Å². The van der Waals surface area contributed by atoms with Crippen molar-refractivity contribution < 1.29 is 4.79 Å². The lowest BCUT2D eigenvalue weighted by molar-refractivity contribution is -0.126. The van der Waals surface area contributed by atoms with Gasteiger partial charge in [-0.25, -0.2) is 4.98 Å². The fraction of sp³-hybridized carbons (Fsp3) is 0.714. The Morgan fingerprint density at radius 3 is 3.00 bits per heavy atom. The Morgan fingerprint density at radius 1 is 1.50 bits per heavy atom. The molecule has 2 atom stereocenters. The topological polar surface area (TPSA) is 54.0 Å². The average Bonchev–Trinajstić information content (AvgIpc) is 3.15. The van der Waals surface area contributed by atoms with E-state index in [1.54, 1.807) is 11.3 Å². The second-order valence-corrected chi connectivity index (χ2v) is 6.68. The molecule has 6 heteroatoms. The van der Waals surface area contributed by atoms with Crippen molar-refractivity contribution in [3.05, 3.63) is 16.1 Å². The number of hydrogen-bond acceptors (Lipinski definition) is 4. The number of nitrogens with zero attached hydrogens (tertiary/aromatic N) is 1. The summed E-state index contributed by atoms with van der Waals surface area (Å²) >= 11 is 1.67. The summed E-state index contributed by atoms with van der Waals surface area (Å²) in [5, 5.41) is 9.60. The maximum Gasteiger partial charge on any atom is 0.223 e. The van der Waals surface area contributed by atoms with Crippen LogP contribution in [0.1, 0.15) is 49.2 Å². The molecule has 1 amide bonds. The summed E-state index contributed by atoms with van der Waals surface area (Å²) in [6.07, 6.45) is 4.45. The highest BCUT2D eigenvalue weighted by Gasteiger charge is 2.27. The van der Waals surface area contributed by atoms with E-state index in [4.69, 9.17) is 0 Å². The molecule has 2 heterocycles. The summed E-state index contributed by atoms with van der Waals surface area (Å²) in [6.45, 7) is 3.68. The fourth-order valence-corrected chi connectivity index (χ4v) is 3.47. The molecule has 0 spiro atoms. The molecule has 1 aromatic heterocycles. The van der Waals surface area contributed by atoms with Gasteiger partial charge in [0.05, 0.1) is 12.2 Å². The molecule has 2 fully saturated rings. The first-order chi connectivity index (χ1) is 9.22. The van der Waals surface area contributed by atoms with Crippen molar-refractivity contribution >= 4 is 29.7 Å². The average molecular weight is 316 g/mol. The minimum Gasteiger partial charge on any atom is -0.349 e. The van der Waals surface area contributed by atoms with Crippen molar-refractivity contribution in [1.29, 1.82) is 0 Å². The monoisotopic (exact) mass is 315 g/mol. The number of carbonyl (C=O) groups is 1. The maximum absolute atomic E-state index is 12.1. The summed E-state index contributed by atoms with van der Waals surface area (Å²) in [7, 11) is 0. The van der Waals surface area contributed by atoms with Crippen LogP contribution in [-0.4, -0.2) is 23.5 Å². The Morgan fingerprint density at radius 2 is 2.30 bits per heavy atom. The van der Waals surface area contributed by atoms with Crippen molar-refractivity contribution in [2.75, 3.05) is 6.54 Å². The summed E-state index contributed by atoms with van der Waals surface area (Å²) in [6, 6.07) is 0.450. The zero-order valence-corrected chi connectivity index (χ0v) is 13.4. The van der Waals surface area contributed by atoms with E-state index in [9.17, 15) is 4.79 Å². The summed E-state index contributed by atoms with van der Waals surface area (Å²) in [5.41, 5.74) is 1.23. The molecule has 1 aliphatic carbocycles. The lowest BCUT2D eigenvalue weighted by atomic mass is 9.92. The number of hydrogen-bond donors (Lipinski definition) is 2. The molecule has 0 unspecified atom stereocenters. The van der Waals surface area contributed by atoms with E-state index in [1.165, 1.54) is 18.5 Å². The molecule has 20 heavy (non-hydrogen) atoms. The quantitative estimate of drug-likeness (QED) is 0.897. The number of thiazole rings is 1. The largest absolute Gasteiger partial charge is 0.349 e. The lowest BCUT2D eigenvalue weighted by Gasteiger charge is -2.26. The van der Waals surface area contributed by atoms with E-state index < -0.39 is 0 Å². The zero-order chi connectivity index (χ0) is 13.2. The van der Waals surface area contributed by atoms with Gasteiger partial charge in [0.1, 0.15) is 5.01 Å². The van der Waals surface area contributed by atoms with E-state index in [1.807, 2.05) is 0 Å². The third kappa shape index (κ3) is 3.93. The number of halogens is 1. The molecule has 1 saturated heterocycles. The number of nitrogens with one attached hydrogen (secondary N) is 2. The van der Waals surface area contributed by atoms with Crippen molar-refractivity contribution in [2.24, 2.45) is 5.92 Å². The second-order valence-electron chi connectivity index (χ2n) is 5.73. The van der Waals surface area contributed by atoms with Crippen LogP contribution in [0.25, 0.3) is 0 Å². The van der Waals surface area contributed by atoms with Gasteiger partial charge in [-0.2, -0.15) is 0 Å². The molecular formula is C14H22ClN3OS. The number of carbonyl (C=O) groups excluding carboxylic acids is 1. The second kappa shape index (κ2) is 6.87. The summed E-state index contributed by atoms with van der Waals surface area (Å²) in [5.74, 6) is 1.06. The van der Waals surface area contributed by atoms with Gasteiger partial charge < -0.3 is 10.6 Å². The van der Waals surface area contributed by atoms with Crippen LogP contribution in [0.2, 0.25) is 0 Å². The molecule has 112 valence electrons. The molecule has 2 N–H and O–H groups in total. The van der Waals surface area contributed by atoms with Gasteiger partial charge in [0.25, 0.3) is 0 Å². The summed E-state index contributed by atoms with van der Waals surface area (Å²) in [4.78, 5) is 16.7. The van der Waals surface area contributed by atoms with Crippen LogP contribution in [0.4, 0.5) is 0 Å². The first kappa shape index (κ1) is 15.7. The molecule has 0 radical (unpaired) electrons. The van der Waals surface area contributed by atoms with Crippen LogP contribution in [0.15, 0.2) is 5.38 Å². The first-order valence-electron chi connectivity index (χ1n) is 7.18. The highest BCUT2D eigenvalue weighted by molar-refractivity contribution is 7.09. The van der Waals surface area contributed by atoms with E-state index in [0.29, 0.717) is 18.5 Å². The predicted molar refractivity (Wildman–Crippen MR) is 83.4 cm³/mol. The van der Waals surface area contributed by atoms with Crippen LogP contribution in [0.3, 0.4) is 0 Å². The Bertz CT molecular complexity index is 461. The minimum atomic E-state index is 0. The first-order valence-corrected chi connectivity index (χ1v) is 8.05. The van der Waals surface area contributed by atoms with E-state index in [0.717, 1.165) is 24.4 Å². The van der Waals surface area contributed by atoms with Gasteiger partial charge in [0.15, 0.2) is 0 Å². The molecule has 0 bridgehead atoms. The van der Waals surface area contributed by atoms with Gasteiger partial charge in [-0.3, -0.25) is 4.79 Å². The third-order valence-electron chi connectivity index (χ3n) is 3.97. The minimum absolute atomic E-state index is 0. The SMILES string of the molecule is C[C@H]1C[C@@H](C(=O)NCc2nc(C3CC3)cs2)CCN1.Cl. The van der Waals surface area contributed by atoms with Crippen molar-refractivity contribution in [3.63, 3.8) is 0 Å². The van der Waals surface area contributed by atoms with Gasteiger partial charge >= 0.3 is 0 Å². The third-order valence-corrected chi connectivity index (χ3v) is 4.84. The van der Waals surface area contributed by atoms with Gasteiger partial charge in [-0.1, -0.05) is 0 Å². The molecule has 1 saturated carbocycles. The van der Waals surface area contributed by atoms with Gasteiger partial charge in [-0.05, 0) is 39.2 Å². The Balaban J connectivity index is 0.00000147. The lowest BCUT2D eigenvalue weighted by Crippen LogP contribution is -2.42. The highest BCUT2D eigenvalue weighted by atomic mass is 35.5. The molecular weight excluding hydrogens is 294 g/mol. The zero-order valence-electron chi connectivity index (χ0n) is 11.7. The van der Waals surface area contributed by atoms with Crippen LogP contribution >= 0.6 is 23.7 Å². The molecule has 1 aliphatic heterocycles. The number of rotatable bonds is 4. The Hall–Kier alpha value is -0.650. The van der Waals surface area contributed by atoms with Crippen LogP contribution in [-0.2, 0) is 11.3 Å². The molecule has 0 aromatic carbocycles. The maximum atomic E-state index is 12.1. The van der Waals surface area contributed by atoms with Gasteiger partial charge in [0.2, 0.25) is 5.91 Å². The Labute approximate surface area is 130 Å². The standard InChI is InChI=1S/C14H21N3OS.ClH/c1-9-6-11(4-5-15-9)14(18)16-7-13-17-12(8-19-13)10-2-3-10;/h8-11,15H,2-7H2,1H3,(H,16,18);1H/t9-,11-;/m0./s1. The number of aromatic nitrogens is 1. The highest BCUT2D eigenvalue weighted by Crippen LogP contribution is 2.40. The van der Waals surface area contributed by atoms with Gasteiger partial charge in [0, 0.05) is 23.3 Å². The summed E-state index contributed by atoms with van der Waals surface area (Å²) < 4.78 is 0. The smallest absolute Gasteiger partial charge is 0.223 e. The van der Waals surface area contributed by atoms with Crippen LogP contribution in [0, 0.1) is 5.92 Å². The number of piperidine rings is 1. The van der Waals surface area contributed by atoms with E-state index >= 15 is 0 Å².